The molecule has 9 nitrogen and oxygen atoms in total. The van der Waals surface area contributed by atoms with Crippen LogP contribution in [-0.4, -0.2) is 70.0 Å². The summed E-state index contributed by atoms with van der Waals surface area (Å²) in [4.78, 5) is 37.9. The van der Waals surface area contributed by atoms with Crippen molar-refractivity contribution in [3.63, 3.8) is 0 Å². The zero-order valence-corrected chi connectivity index (χ0v) is 52.7. The predicted molar refractivity (Wildman–Crippen MR) is 337 cm³/mol. The number of likely N-dealkylation sites (N-methyl/N-ethyl adjacent to an activating group) is 1. The molecule has 0 radical (unpaired) electrons. The molecule has 10 heteroatoms. The molecule has 0 aliphatic rings. The lowest BCUT2D eigenvalue weighted by Crippen LogP contribution is -2.37. The van der Waals surface area contributed by atoms with Crippen LogP contribution in [0.2, 0.25) is 0 Å². The van der Waals surface area contributed by atoms with Gasteiger partial charge in [0.15, 0.2) is 6.10 Å². The van der Waals surface area contributed by atoms with Crippen molar-refractivity contribution in [3.8, 4) is 0 Å². The molecule has 0 aromatic carbocycles. The Morgan fingerprint density at radius 1 is 0.405 bits per heavy atom. The summed E-state index contributed by atoms with van der Waals surface area (Å²) < 4.78 is 34.2. The highest BCUT2D eigenvalue weighted by molar-refractivity contribution is 7.45. The Kier molecular flexibility index (Phi) is 57.2. The number of ether oxygens (including phenoxy) is 2. The summed E-state index contributed by atoms with van der Waals surface area (Å²) in [6, 6.07) is 0. The van der Waals surface area contributed by atoms with E-state index in [4.69, 9.17) is 18.5 Å². The average molecular weight is 1120 g/mol. The van der Waals surface area contributed by atoms with Gasteiger partial charge in [-0.2, -0.15) is 0 Å². The van der Waals surface area contributed by atoms with Gasteiger partial charge in [-0.25, -0.2) is 0 Å². The zero-order valence-electron chi connectivity index (χ0n) is 51.8. The Bertz CT molecular complexity index is 1650. The van der Waals surface area contributed by atoms with Gasteiger partial charge < -0.3 is 27.9 Å². The van der Waals surface area contributed by atoms with Crippen LogP contribution in [0.4, 0.5) is 0 Å². The highest BCUT2D eigenvalue weighted by Crippen LogP contribution is 2.38. The number of nitrogens with zero attached hydrogens (tertiary/aromatic N) is 1. The molecule has 0 saturated carbocycles. The Morgan fingerprint density at radius 3 is 1.09 bits per heavy atom. The number of hydrogen-bond donors (Lipinski definition) is 0. The van der Waals surface area contributed by atoms with E-state index in [1.165, 1.54) is 141 Å². The van der Waals surface area contributed by atoms with E-state index in [1.54, 1.807) is 0 Å². The molecular weight excluding hydrogens is 1000 g/mol. The van der Waals surface area contributed by atoms with Gasteiger partial charge in [0, 0.05) is 12.8 Å². The fraction of sp³-hybridized carbons (Fsp3) is 0.739. The van der Waals surface area contributed by atoms with Crippen molar-refractivity contribution in [1.29, 1.82) is 0 Å². The summed E-state index contributed by atoms with van der Waals surface area (Å²) >= 11 is 0. The van der Waals surface area contributed by atoms with Crippen molar-refractivity contribution < 1.29 is 42.1 Å². The number of unbranched alkanes of at least 4 members (excludes halogenated alkanes) is 29. The van der Waals surface area contributed by atoms with Gasteiger partial charge in [0.05, 0.1) is 27.7 Å². The second-order valence-corrected chi connectivity index (χ2v) is 24.2. The van der Waals surface area contributed by atoms with Crippen LogP contribution in [0.5, 0.6) is 0 Å². The molecule has 0 rings (SSSR count). The first kappa shape index (κ1) is 75.9. The van der Waals surface area contributed by atoms with Crippen LogP contribution < -0.4 is 4.89 Å². The molecule has 0 N–H and O–H groups in total. The molecule has 0 spiro atoms. The van der Waals surface area contributed by atoms with Crippen LogP contribution in [0, 0.1) is 0 Å². The van der Waals surface area contributed by atoms with Gasteiger partial charge in [0.25, 0.3) is 7.82 Å². The van der Waals surface area contributed by atoms with Crippen molar-refractivity contribution in [2.75, 3.05) is 47.5 Å². The van der Waals surface area contributed by atoms with E-state index in [0.717, 1.165) is 103 Å². The van der Waals surface area contributed by atoms with E-state index in [2.05, 4.69) is 111 Å². The van der Waals surface area contributed by atoms with E-state index in [1.807, 2.05) is 21.1 Å². The van der Waals surface area contributed by atoms with Gasteiger partial charge in [0.2, 0.25) is 0 Å². The first-order valence-electron chi connectivity index (χ1n) is 32.4. The van der Waals surface area contributed by atoms with Crippen molar-refractivity contribution in [3.05, 3.63) is 97.2 Å². The molecule has 2 atom stereocenters. The molecule has 0 saturated heterocycles. The standard InChI is InChI=1S/C69H122NO8P/c1-6-8-10-12-14-16-18-20-22-24-25-26-27-28-29-30-31-32-33-34-35-36-37-38-39-40-41-42-43-44-45-46-48-50-52-54-56-58-60-62-69(72)78-67(66-77-79(73,74)76-64-63-70(3,4)5)65-75-68(71)61-59-57-55-53-51-49-47-23-21-19-17-15-13-11-9-7-2/h8,10,14,16,20,22-23,25-26,28-29,31-32,34-35,47,67H,6-7,9,11-13,15,17-19,21,24,27,30,33,36-46,48-66H2,1-5H3/b10-8-,16-14-,22-20-,26-25-,29-28-,32-31-,35-34-,47-23-. The van der Waals surface area contributed by atoms with Crippen LogP contribution >= 0.6 is 7.82 Å². The Morgan fingerprint density at radius 2 is 0.722 bits per heavy atom. The number of rotatable bonds is 59. The molecule has 456 valence electrons. The lowest BCUT2D eigenvalue weighted by Gasteiger charge is -2.28. The molecular formula is C69H122NO8P. The van der Waals surface area contributed by atoms with Gasteiger partial charge in [-0.3, -0.25) is 14.2 Å². The summed E-state index contributed by atoms with van der Waals surface area (Å²) in [6.45, 7) is 4.13. The summed E-state index contributed by atoms with van der Waals surface area (Å²) in [5.74, 6) is -0.837. The number of phosphoric ester groups is 1. The lowest BCUT2D eigenvalue weighted by atomic mass is 10.0. The minimum absolute atomic E-state index is 0.0337. The highest BCUT2D eigenvalue weighted by atomic mass is 31.2. The van der Waals surface area contributed by atoms with E-state index < -0.39 is 26.5 Å². The van der Waals surface area contributed by atoms with Crippen molar-refractivity contribution >= 4 is 19.8 Å². The molecule has 0 aromatic heterocycles. The van der Waals surface area contributed by atoms with Crippen LogP contribution in [0.15, 0.2) is 97.2 Å². The maximum absolute atomic E-state index is 12.8. The number of phosphoric acid groups is 1. The van der Waals surface area contributed by atoms with Gasteiger partial charge in [-0.15, -0.1) is 0 Å². The molecule has 2 unspecified atom stereocenters. The van der Waals surface area contributed by atoms with E-state index in [9.17, 15) is 19.0 Å². The average Bonchev–Trinajstić information content (AvgIpc) is 3.41. The summed E-state index contributed by atoms with van der Waals surface area (Å²) in [5, 5.41) is 0. The molecule has 0 aromatic rings. The van der Waals surface area contributed by atoms with Gasteiger partial charge >= 0.3 is 11.9 Å². The molecule has 79 heavy (non-hydrogen) atoms. The number of carbonyl (C=O) groups is 2. The summed E-state index contributed by atoms with van der Waals surface area (Å²) in [5.41, 5.74) is 0. The van der Waals surface area contributed by atoms with Crippen molar-refractivity contribution in [2.45, 2.75) is 283 Å². The van der Waals surface area contributed by atoms with Crippen LogP contribution in [-0.2, 0) is 32.7 Å². The monoisotopic (exact) mass is 1120 g/mol. The largest absolute Gasteiger partial charge is 0.756 e. The summed E-state index contributed by atoms with van der Waals surface area (Å²) in [6.07, 6.45) is 81.9. The fourth-order valence-corrected chi connectivity index (χ4v) is 9.60. The first-order valence-corrected chi connectivity index (χ1v) is 33.9. The predicted octanol–water partition coefficient (Wildman–Crippen LogP) is 20.1. The second-order valence-electron chi connectivity index (χ2n) is 22.7. The lowest BCUT2D eigenvalue weighted by molar-refractivity contribution is -0.870. The SMILES string of the molecule is CC/C=C\C/C=C\C/C=C\C/C=C\C/C=C\C/C=C\C/C=C\CCCCCCCCCCCCCCCCCCCC(=O)OC(COC(=O)CCCCCCC/C=C\CCCCCCCCC)COP(=O)([O-])OCC[N+](C)(C)C. The molecule has 0 fully saturated rings. The third-order valence-corrected chi connectivity index (χ3v) is 14.8. The van der Waals surface area contributed by atoms with E-state index in [-0.39, 0.29) is 32.0 Å². The topological polar surface area (TPSA) is 111 Å². The number of allylic oxidation sites excluding steroid dienone is 16. The molecule has 0 aliphatic carbocycles. The molecule has 0 bridgehead atoms. The number of carbonyl (C=O) groups excluding carboxylic acids is 2. The number of hydrogen-bond acceptors (Lipinski definition) is 8. The Balaban J connectivity index is 4.00. The number of quaternary nitrogens is 1. The van der Waals surface area contributed by atoms with Crippen LogP contribution in [0.3, 0.4) is 0 Å². The van der Waals surface area contributed by atoms with Gasteiger partial charge in [0.1, 0.15) is 19.8 Å². The number of esters is 2. The fourth-order valence-electron chi connectivity index (χ4n) is 8.87. The van der Waals surface area contributed by atoms with Crippen LogP contribution in [0.1, 0.15) is 277 Å². The Hall–Kier alpha value is -3.07. The third-order valence-electron chi connectivity index (χ3n) is 13.8. The van der Waals surface area contributed by atoms with Gasteiger partial charge in [-0.05, 0) is 96.3 Å². The van der Waals surface area contributed by atoms with Crippen LogP contribution in [0.25, 0.3) is 0 Å². The normalized spacial score (nSPS) is 13.8. The van der Waals surface area contributed by atoms with E-state index >= 15 is 0 Å². The molecule has 0 aliphatic heterocycles. The molecule has 0 amide bonds. The minimum atomic E-state index is -4.64. The van der Waals surface area contributed by atoms with Gasteiger partial charge in [-0.1, -0.05) is 265 Å². The third kappa shape index (κ3) is 64.0. The Labute approximate surface area is 487 Å². The first-order chi connectivity index (χ1) is 38.5. The van der Waals surface area contributed by atoms with Crippen molar-refractivity contribution in [2.24, 2.45) is 0 Å². The van der Waals surface area contributed by atoms with E-state index in [0.29, 0.717) is 17.4 Å². The summed E-state index contributed by atoms with van der Waals surface area (Å²) in [7, 11) is 1.16. The molecule has 0 heterocycles. The quantitative estimate of drug-likeness (QED) is 0.0195. The maximum Gasteiger partial charge on any atom is 0.306 e. The smallest absolute Gasteiger partial charge is 0.306 e. The maximum atomic E-state index is 12.8. The second kappa shape index (κ2) is 59.5. The van der Waals surface area contributed by atoms with Crippen molar-refractivity contribution in [1.82, 2.24) is 0 Å². The minimum Gasteiger partial charge on any atom is -0.756 e. The zero-order chi connectivity index (χ0) is 57.7. The highest BCUT2D eigenvalue weighted by Gasteiger charge is 2.22.